The van der Waals surface area contributed by atoms with Gasteiger partial charge in [0.1, 0.15) is 0 Å². The Kier molecular flexibility index (Phi) is 4.18. The lowest BCUT2D eigenvalue weighted by Crippen LogP contribution is -2.23. The van der Waals surface area contributed by atoms with Crippen molar-refractivity contribution in [3.63, 3.8) is 0 Å². The summed E-state index contributed by atoms with van der Waals surface area (Å²) in [5.74, 6) is -2.35. The van der Waals surface area contributed by atoms with Crippen LogP contribution in [0.15, 0.2) is 34.7 Å². The quantitative estimate of drug-likeness (QED) is 0.825. The molecule has 0 saturated heterocycles. The fourth-order valence-corrected chi connectivity index (χ4v) is 2.48. The topological polar surface area (TPSA) is 12.0 Å². The molecule has 0 bridgehead atoms. The van der Waals surface area contributed by atoms with E-state index in [1.165, 1.54) is 11.1 Å². The Morgan fingerprint density at radius 3 is 2.53 bits per heavy atom. The van der Waals surface area contributed by atoms with Crippen LogP contribution in [0.1, 0.15) is 18.9 Å². The van der Waals surface area contributed by atoms with Crippen LogP contribution in [-0.2, 0) is 0 Å². The highest BCUT2D eigenvalue weighted by Gasteiger charge is 2.11. The maximum absolute atomic E-state index is 12.2. The maximum atomic E-state index is 12.2. The third kappa shape index (κ3) is 3.30. The van der Waals surface area contributed by atoms with E-state index < -0.39 is 5.76 Å². The molecule has 1 aromatic carbocycles. The van der Waals surface area contributed by atoms with E-state index in [1.54, 1.807) is 12.1 Å². The van der Waals surface area contributed by atoms with Gasteiger partial charge >= 0.3 is 0 Å². The molecular weight excluding hydrogens is 240 g/mol. The Hall–Kier alpha value is -0.870. The number of halogens is 2. The number of alkyl halides is 2. The van der Waals surface area contributed by atoms with Gasteiger partial charge in [-0.05, 0) is 43.2 Å². The van der Waals surface area contributed by atoms with Crippen molar-refractivity contribution in [2.45, 2.75) is 24.0 Å². The van der Waals surface area contributed by atoms with Crippen LogP contribution in [0.2, 0.25) is 0 Å². The van der Waals surface area contributed by atoms with Crippen molar-refractivity contribution in [3.8, 4) is 0 Å². The molecule has 1 aliphatic rings. The van der Waals surface area contributed by atoms with Gasteiger partial charge in [0.2, 0.25) is 0 Å². The molecule has 17 heavy (non-hydrogen) atoms. The van der Waals surface area contributed by atoms with Crippen molar-refractivity contribution in [2.75, 3.05) is 13.1 Å². The van der Waals surface area contributed by atoms with E-state index >= 15 is 0 Å². The summed E-state index contributed by atoms with van der Waals surface area (Å²) in [6, 6.07) is 7.38. The third-order valence-electron chi connectivity index (χ3n) is 2.92. The van der Waals surface area contributed by atoms with E-state index in [1.807, 2.05) is 12.1 Å². The summed E-state index contributed by atoms with van der Waals surface area (Å²) in [7, 11) is 0. The van der Waals surface area contributed by atoms with Crippen molar-refractivity contribution < 1.29 is 8.78 Å². The van der Waals surface area contributed by atoms with Gasteiger partial charge in [0.25, 0.3) is 5.76 Å². The molecule has 2 rings (SSSR count). The largest absolute Gasteiger partial charge is 0.312 e. The van der Waals surface area contributed by atoms with Gasteiger partial charge in [-0.3, -0.25) is 0 Å². The van der Waals surface area contributed by atoms with Crippen molar-refractivity contribution in [3.05, 3.63) is 35.4 Å². The molecule has 1 nitrogen and oxygen atoms in total. The van der Waals surface area contributed by atoms with Gasteiger partial charge in [0.05, 0.1) is 0 Å². The molecule has 1 aromatic rings. The molecule has 0 atom stereocenters. The minimum Gasteiger partial charge on any atom is -0.312 e. The Morgan fingerprint density at radius 2 is 1.94 bits per heavy atom. The lowest BCUT2D eigenvalue weighted by Gasteiger charge is -2.19. The number of rotatable bonds is 3. The highest BCUT2D eigenvalue weighted by molar-refractivity contribution is 7.99. The number of thioether (sulfide) groups is 1. The maximum Gasteiger partial charge on any atom is 0.288 e. The first-order valence-corrected chi connectivity index (χ1v) is 6.49. The number of hydrogen-bond acceptors (Lipinski definition) is 2. The smallest absolute Gasteiger partial charge is 0.288 e. The average molecular weight is 255 g/mol. The molecule has 92 valence electrons. The van der Waals surface area contributed by atoms with E-state index in [4.69, 9.17) is 0 Å². The molecule has 1 N–H and O–H groups in total. The zero-order valence-corrected chi connectivity index (χ0v) is 10.5. The predicted molar refractivity (Wildman–Crippen MR) is 68.4 cm³/mol. The third-order valence-corrected chi connectivity index (χ3v) is 3.64. The molecule has 4 heteroatoms. The molecule has 0 amide bonds. The zero-order valence-electron chi connectivity index (χ0n) is 9.67. The first kappa shape index (κ1) is 12.6. The van der Waals surface area contributed by atoms with Gasteiger partial charge in [-0.1, -0.05) is 29.5 Å². The molecule has 0 spiro atoms. The van der Waals surface area contributed by atoms with Crippen LogP contribution in [0, 0.1) is 0 Å². The fourth-order valence-electron chi connectivity index (χ4n) is 1.98. The number of hydrogen-bond donors (Lipinski definition) is 1. The first-order chi connectivity index (χ1) is 8.16. The number of benzene rings is 1. The molecule has 0 aliphatic carbocycles. The molecule has 0 fully saturated rings. The average Bonchev–Trinajstić information content (AvgIpc) is 2.30. The Morgan fingerprint density at radius 1 is 1.24 bits per heavy atom. The van der Waals surface area contributed by atoms with Gasteiger partial charge < -0.3 is 5.32 Å². The van der Waals surface area contributed by atoms with E-state index in [9.17, 15) is 8.78 Å². The van der Waals surface area contributed by atoms with E-state index in [0.29, 0.717) is 16.7 Å². The summed E-state index contributed by atoms with van der Waals surface area (Å²) in [5.41, 5.74) is 3.82. The van der Waals surface area contributed by atoms with Crippen LogP contribution in [-0.4, -0.2) is 18.8 Å². The number of nitrogens with one attached hydrogen (secondary N) is 1. The van der Waals surface area contributed by atoms with Crippen LogP contribution >= 0.6 is 11.8 Å². The highest BCUT2D eigenvalue weighted by atomic mass is 32.2. The van der Waals surface area contributed by atoms with Crippen LogP contribution in [0.5, 0.6) is 0 Å². The minimum atomic E-state index is -2.35. The van der Waals surface area contributed by atoms with Gasteiger partial charge in [0.15, 0.2) is 0 Å². The van der Waals surface area contributed by atoms with Crippen molar-refractivity contribution in [2.24, 2.45) is 0 Å². The van der Waals surface area contributed by atoms with Crippen molar-refractivity contribution in [1.29, 1.82) is 0 Å². The summed E-state index contributed by atoms with van der Waals surface area (Å²) >= 11 is 0.590. The van der Waals surface area contributed by atoms with E-state index in [-0.39, 0.29) is 0 Å². The molecule has 1 heterocycles. The van der Waals surface area contributed by atoms with Crippen molar-refractivity contribution in [1.82, 2.24) is 5.32 Å². The summed E-state index contributed by atoms with van der Waals surface area (Å²) < 4.78 is 24.4. The molecule has 0 unspecified atom stereocenters. The van der Waals surface area contributed by atoms with Crippen molar-refractivity contribution >= 4 is 17.3 Å². The molecule has 0 aromatic heterocycles. The first-order valence-electron chi connectivity index (χ1n) is 5.61. The summed E-state index contributed by atoms with van der Waals surface area (Å²) in [4.78, 5) is 0.616. The zero-order chi connectivity index (χ0) is 12.3. The minimum absolute atomic E-state index is 0.590. The van der Waals surface area contributed by atoms with Crippen LogP contribution in [0.3, 0.4) is 0 Å². The van der Waals surface area contributed by atoms with Crippen LogP contribution in [0.4, 0.5) is 8.78 Å². The highest BCUT2D eigenvalue weighted by Crippen LogP contribution is 2.28. The Bertz CT molecular complexity index is 412. The van der Waals surface area contributed by atoms with Gasteiger partial charge in [0, 0.05) is 11.4 Å². The fraction of sp³-hybridized carbons (Fsp3) is 0.385. The summed E-state index contributed by atoms with van der Waals surface area (Å²) in [6.07, 6.45) is 1.06. The lowest BCUT2D eigenvalue weighted by molar-refractivity contribution is 0.252. The normalized spacial score (nSPS) is 16.7. The molecule has 0 saturated carbocycles. The monoisotopic (exact) mass is 255 g/mol. The lowest BCUT2D eigenvalue weighted by atomic mass is 9.96. The Balaban J connectivity index is 2.17. The van der Waals surface area contributed by atoms with Gasteiger partial charge in [-0.15, -0.1) is 0 Å². The second-order valence-corrected chi connectivity index (χ2v) is 5.15. The summed E-state index contributed by atoms with van der Waals surface area (Å²) in [6.45, 7) is 4.03. The Labute approximate surface area is 104 Å². The van der Waals surface area contributed by atoms with Crippen LogP contribution < -0.4 is 5.32 Å². The molecular formula is C13H15F2NS. The van der Waals surface area contributed by atoms with Crippen LogP contribution in [0.25, 0.3) is 5.57 Å². The predicted octanol–water partition coefficient (Wildman–Crippen LogP) is 3.77. The summed E-state index contributed by atoms with van der Waals surface area (Å²) in [5, 5.41) is 3.33. The van der Waals surface area contributed by atoms with Gasteiger partial charge in [-0.2, -0.15) is 8.78 Å². The standard InChI is InChI=1S/C13H15F2NS/c1-9-6-7-16-8-12(9)10-2-4-11(5-3-10)17-13(14)15/h2-5,13,16H,6-8H2,1H3. The van der Waals surface area contributed by atoms with E-state index in [0.717, 1.165) is 25.1 Å². The SMILES string of the molecule is CC1=C(c2ccc(SC(F)F)cc2)CNCC1. The van der Waals surface area contributed by atoms with E-state index in [2.05, 4.69) is 12.2 Å². The second kappa shape index (κ2) is 5.65. The molecule has 0 radical (unpaired) electrons. The second-order valence-electron chi connectivity index (χ2n) is 4.09. The molecule has 1 aliphatic heterocycles. The van der Waals surface area contributed by atoms with Gasteiger partial charge in [-0.25, -0.2) is 0 Å².